The van der Waals surface area contributed by atoms with Crippen molar-refractivity contribution in [3.63, 3.8) is 0 Å². The smallest absolute Gasteiger partial charge is 0.256 e. The molecule has 6 rings (SSSR count). The Balaban J connectivity index is 1.32. The summed E-state index contributed by atoms with van der Waals surface area (Å²) in [7, 11) is -2.28. The van der Waals surface area contributed by atoms with Crippen LogP contribution in [0.3, 0.4) is 0 Å². The highest BCUT2D eigenvalue weighted by Crippen LogP contribution is 2.23. The van der Waals surface area contributed by atoms with Crippen molar-refractivity contribution in [2.24, 2.45) is 11.5 Å². The first-order valence-electron chi connectivity index (χ1n) is 36.0. The van der Waals surface area contributed by atoms with Gasteiger partial charge in [0.05, 0.1) is 17.4 Å². The SMILES string of the molecule is CC(=O)Nc1ccc(C[C@H](NC(=O)[C@H](CO)NC(=O)[C@@H](CCC(N)=O)NC(=O)[C@@H](Cc2ccc(Cl)cc2)NC(=O)[C@@H](Cc2ccc3ccccc3c2)NC(C)=O)C(=O)N[C@H](Cc2ccc(NC(C)=O)cc2)C(=O)N[C@@H](C(=O)N[C@@H](CCCCNC(C)C)C(=O)N2CCC[C@H]2C(=O)N[C@H](C)C(N)=O)S(=O)C(C)C)cc1. The zero-order valence-corrected chi connectivity index (χ0v) is 63.8. The number of aliphatic hydroxyl groups is 1. The number of aliphatic hydroxyl groups excluding tert-OH is 1. The van der Waals surface area contributed by atoms with E-state index in [1.54, 1.807) is 30.3 Å². The summed E-state index contributed by atoms with van der Waals surface area (Å²) in [5.41, 5.74) is 13.5. The lowest BCUT2D eigenvalue weighted by molar-refractivity contribution is -0.142. The van der Waals surface area contributed by atoms with Gasteiger partial charge in [-0.2, -0.15) is 0 Å². The van der Waals surface area contributed by atoms with Crippen LogP contribution in [0.2, 0.25) is 5.02 Å². The van der Waals surface area contributed by atoms with E-state index in [4.69, 9.17) is 23.1 Å². The first-order valence-corrected chi connectivity index (χ1v) is 37.6. The number of benzene rings is 5. The molecule has 109 heavy (non-hydrogen) atoms. The number of carbonyl (C=O) groups excluding carboxylic acids is 14. The molecule has 0 aliphatic carbocycles. The Morgan fingerprint density at radius 2 is 0.954 bits per heavy atom. The highest BCUT2D eigenvalue weighted by molar-refractivity contribution is 7.87. The van der Waals surface area contributed by atoms with Crippen molar-refractivity contribution < 1.29 is 76.4 Å². The Labute approximate surface area is 640 Å². The summed E-state index contributed by atoms with van der Waals surface area (Å²) in [6, 6.07) is 18.2. The number of fused-ring (bicyclic) bond motifs is 1. The molecule has 0 bridgehead atoms. The van der Waals surface area contributed by atoms with Crippen LogP contribution >= 0.6 is 11.6 Å². The van der Waals surface area contributed by atoms with E-state index in [-0.39, 0.29) is 44.7 Å². The van der Waals surface area contributed by atoms with E-state index in [0.717, 1.165) is 10.8 Å². The molecule has 1 aliphatic rings. The number of hydrogen-bond donors (Lipinski definition) is 15. The van der Waals surface area contributed by atoms with Crippen LogP contribution in [0.15, 0.2) is 115 Å². The van der Waals surface area contributed by atoms with Gasteiger partial charge < -0.3 is 85.3 Å². The summed E-state index contributed by atoms with van der Waals surface area (Å²) in [6.45, 7) is 11.6. The van der Waals surface area contributed by atoms with Gasteiger partial charge >= 0.3 is 0 Å². The van der Waals surface area contributed by atoms with Crippen LogP contribution in [0.25, 0.3) is 10.8 Å². The molecule has 0 spiro atoms. The second kappa shape index (κ2) is 42.7. The molecule has 17 N–H and O–H groups in total. The average molecular weight is 1550 g/mol. The number of nitrogens with two attached hydrogens (primary N) is 2. The number of nitrogens with one attached hydrogen (secondary N) is 12. The third-order valence-corrected chi connectivity index (χ3v) is 19.7. The van der Waals surface area contributed by atoms with E-state index in [9.17, 15) is 66.8 Å². The molecule has 0 saturated carbocycles. The predicted octanol–water partition coefficient (Wildman–Crippen LogP) is 1.10. The highest BCUT2D eigenvalue weighted by Gasteiger charge is 2.41. The fourth-order valence-electron chi connectivity index (χ4n) is 12.0. The monoisotopic (exact) mass is 1550 g/mol. The largest absolute Gasteiger partial charge is 0.394 e. The number of unbranched alkanes of at least 4 members (excludes halogenated alkanes) is 1. The van der Waals surface area contributed by atoms with Crippen LogP contribution in [-0.2, 0) is 104 Å². The average Bonchev–Trinajstić information content (AvgIpc) is 1.38. The molecule has 1 aliphatic heterocycles. The molecule has 11 atom stereocenters. The molecular weight excluding hydrogens is 1450 g/mol. The number of amides is 14. The lowest BCUT2D eigenvalue weighted by Crippen LogP contribution is -2.62. The van der Waals surface area contributed by atoms with Gasteiger partial charge in [-0.3, -0.25) is 71.3 Å². The van der Waals surface area contributed by atoms with Crippen LogP contribution in [-0.4, -0.2) is 188 Å². The second-order valence-corrected chi connectivity index (χ2v) is 29.9. The normalized spacial score (nSPS) is 15.3. The van der Waals surface area contributed by atoms with Crippen molar-refractivity contribution in [1.29, 1.82) is 0 Å². The fourth-order valence-corrected chi connectivity index (χ4v) is 13.1. The van der Waals surface area contributed by atoms with Crippen molar-refractivity contribution in [2.75, 3.05) is 30.3 Å². The van der Waals surface area contributed by atoms with Gasteiger partial charge in [-0.15, -0.1) is 0 Å². The van der Waals surface area contributed by atoms with Crippen molar-refractivity contribution in [3.8, 4) is 0 Å². The summed E-state index contributed by atoms with van der Waals surface area (Å²) >= 11 is 6.21. The Hall–Kier alpha value is -10.7. The van der Waals surface area contributed by atoms with Crippen molar-refractivity contribution in [1.82, 2.24) is 58.1 Å². The first kappa shape index (κ1) is 87.2. The molecule has 14 amide bonds. The summed E-state index contributed by atoms with van der Waals surface area (Å²) in [6.07, 6.45) is -0.491. The van der Waals surface area contributed by atoms with Gasteiger partial charge in [0.1, 0.15) is 54.4 Å². The molecule has 33 heteroatoms. The summed E-state index contributed by atoms with van der Waals surface area (Å²) in [5, 5.41) is 42.1. The Morgan fingerprint density at radius 1 is 0.505 bits per heavy atom. The Bertz CT molecular complexity index is 4090. The minimum absolute atomic E-state index is 0.0133. The molecule has 1 saturated heterocycles. The number of hydrogen-bond acceptors (Lipinski definition) is 17. The van der Waals surface area contributed by atoms with Gasteiger partial charge in [0.25, 0.3) is 5.91 Å². The quantitative estimate of drug-likeness (QED) is 0.0244. The molecule has 5 aromatic carbocycles. The number of anilines is 2. The number of halogens is 1. The standard InChI is InChI=1S/C76H100ClN15O16S/c1-42(2)80-34-12-11-16-58(76(107)92-35-13-17-64(92)73(105)81-44(5)66(79)98)86-74(106)75(109(108)43(3)4)91-71(103)62(39-50-23-30-56(31-24-50)83-46(7)95)88-70(102)61(38-49-21-28-55(29-22-49)82-45(6)94)89-72(104)63(41-93)90-67(99)57(32-33-65(78)97)85-69(101)60(37-48-19-26-54(77)27-20-48)87-68(100)59(84-47(8)96)40-51-18-25-52-14-9-10-15-53(52)36-51/h9-10,14-15,18-31,36,42-44,57-64,75,80,93H,11-13,16-17,32-35,37-41H2,1-8H3,(H2,78,97)(H2,79,98)(H,81,105)(H,82,94)(H,83,95)(H,84,96)(H,85,101)(H,86,106)(H,87,100)(H,88,102)(H,89,104)(H,90,99)(H,91,103)/t44-,57-,58+,59-,60-,61+,62-,63+,64+,75-,109?/m1/s1. The second-order valence-electron chi connectivity index (χ2n) is 27.4. The summed E-state index contributed by atoms with van der Waals surface area (Å²) in [5.74, 6) is -11.8. The van der Waals surface area contributed by atoms with Crippen LogP contribution in [0.4, 0.5) is 11.4 Å². The maximum Gasteiger partial charge on any atom is 0.256 e. The molecule has 5 aromatic rings. The molecule has 31 nitrogen and oxygen atoms in total. The molecule has 1 fully saturated rings. The van der Waals surface area contributed by atoms with Gasteiger partial charge in [0, 0.05) is 87.1 Å². The number of likely N-dealkylation sites (tertiary alicyclic amines) is 1. The van der Waals surface area contributed by atoms with Gasteiger partial charge in [-0.1, -0.05) is 118 Å². The zero-order valence-electron chi connectivity index (χ0n) is 62.3. The van der Waals surface area contributed by atoms with E-state index < -0.39 is 184 Å². The molecule has 588 valence electrons. The van der Waals surface area contributed by atoms with Crippen molar-refractivity contribution in [2.45, 2.75) is 197 Å². The number of primary amides is 2. The molecule has 1 heterocycles. The Morgan fingerprint density at radius 3 is 1.44 bits per heavy atom. The van der Waals surface area contributed by atoms with Crippen molar-refractivity contribution in [3.05, 3.63) is 143 Å². The van der Waals surface area contributed by atoms with Gasteiger partial charge in [0.15, 0.2) is 5.37 Å². The fraction of sp³-hybridized carbons (Fsp3) is 0.447. The molecule has 1 unspecified atom stereocenters. The third kappa shape index (κ3) is 28.4. The number of carbonyl (C=O) groups is 14. The minimum Gasteiger partial charge on any atom is -0.394 e. The Kier molecular flexibility index (Phi) is 34.2. The summed E-state index contributed by atoms with van der Waals surface area (Å²) in [4.78, 5) is 194. The van der Waals surface area contributed by atoms with E-state index in [0.29, 0.717) is 64.5 Å². The lowest BCUT2D eigenvalue weighted by atomic mass is 9.99. The third-order valence-electron chi connectivity index (χ3n) is 17.7. The van der Waals surface area contributed by atoms with Gasteiger partial charge in [-0.25, -0.2) is 0 Å². The molecule has 0 radical (unpaired) electrons. The predicted molar refractivity (Wildman–Crippen MR) is 410 cm³/mol. The topological polar surface area (TPSA) is 476 Å². The number of nitrogens with zero attached hydrogens (tertiary/aromatic N) is 1. The number of rotatable bonds is 41. The van der Waals surface area contributed by atoms with E-state index in [1.165, 1.54) is 95.0 Å². The van der Waals surface area contributed by atoms with E-state index in [1.807, 2.05) is 50.2 Å². The van der Waals surface area contributed by atoms with Gasteiger partial charge in [0.2, 0.25) is 76.8 Å². The van der Waals surface area contributed by atoms with E-state index in [2.05, 4.69) is 63.8 Å². The van der Waals surface area contributed by atoms with Crippen molar-refractivity contribution >= 4 is 127 Å². The molecule has 0 aromatic heterocycles. The minimum atomic E-state index is -2.28. The van der Waals surface area contributed by atoms with Crippen LogP contribution < -0.4 is 75.3 Å². The van der Waals surface area contributed by atoms with Crippen LogP contribution in [0.1, 0.15) is 123 Å². The summed E-state index contributed by atoms with van der Waals surface area (Å²) < 4.78 is 14.5. The van der Waals surface area contributed by atoms with Crippen LogP contribution in [0.5, 0.6) is 0 Å². The van der Waals surface area contributed by atoms with Gasteiger partial charge in [-0.05, 0) is 121 Å². The van der Waals surface area contributed by atoms with Crippen LogP contribution in [0, 0.1) is 0 Å². The maximum absolute atomic E-state index is 15.2. The molecular formula is C76H100ClN15O16S. The van der Waals surface area contributed by atoms with E-state index >= 15 is 9.59 Å². The maximum atomic E-state index is 15.2. The lowest BCUT2D eigenvalue weighted by Gasteiger charge is -2.31. The first-order chi connectivity index (χ1) is 51.7. The highest BCUT2D eigenvalue weighted by atomic mass is 35.5. The zero-order chi connectivity index (χ0) is 80.2.